The average molecular weight is 373 g/mol. The number of hydrogen-bond acceptors (Lipinski definition) is 4. The number of nitrogens with zero attached hydrogens (tertiary/aromatic N) is 3. The number of aromatic nitrogens is 3. The minimum absolute atomic E-state index is 0.606. The molecule has 2 aromatic rings. The van der Waals surface area contributed by atoms with Crippen molar-refractivity contribution in [3.8, 4) is 11.4 Å². The molecule has 0 saturated heterocycles. The van der Waals surface area contributed by atoms with Gasteiger partial charge in [-0.05, 0) is 34.7 Å². The van der Waals surface area contributed by atoms with Crippen molar-refractivity contribution in [1.29, 1.82) is 0 Å². The molecule has 0 atom stereocenters. The smallest absolute Gasteiger partial charge is 0.181 e. The molecule has 1 heterocycles. The van der Waals surface area contributed by atoms with Crippen LogP contribution in [0.4, 0.5) is 0 Å². The molecule has 1 aromatic heterocycles. The maximum absolute atomic E-state index is 5.40. The Kier molecular flexibility index (Phi) is 5.74. The summed E-state index contributed by atoms with van der Waals surface area (Å²) in [5.41, 5.74) is 1.03. The molecule has 5 nitrogen and oxygen atoms in total. The van der Waals surface area contributed by atoms with Crippen LogP contribution < -0.4 is 0 Å². The molecule has 1 aromatic carbocycles. The van der Waals surface area contributed by atoms with E-state index < -0.39 is 0 Å². The van der Waals surface area contributed by atoms with E-state index in [1.54, 1.807) is 18.1 Å². The van der Waals surface area contributed by atoms with Crippen molar-refractivity contribution in [2.45, 2.75) is 6.54 Å². The van der Waals surface area contributed by atoms with Crippen LogP contribution in [0.3, 0.4) is 0 Å². The lowest BCUT2D eigenvalue weighted by Crippen LogP contribution is -2.09. The third-order valence-electron chi connectivity index (χ3n) is 2.52. The van der Waals surface area contributed by atoms with Gasteiger partial charge in [-0.25, -0.2) is 4.98 Å². The number of halogens is 1. The van der Waals surface area contributed by atoms with Crippen LogP contribution in [0.1, 0.15) is 0 Å². The third-order valence-corrected chi connectivity index (χ3v) is 3.19. The molecule has 0 fully saturated rings. The Hall–Kier alpha value is -0.990. The summed E-state index contributed by atoms with van der Waals surface area (Å²) in [6, 6.07) is 8.13. The van der Waals surface area contributed by atoms with Crippen LogP contribution >= 0.6 is 22.6 Å². The number of ether oxygens (including phenoxy) is 2. The van der Waals surface area contributed by atoms with Gasteiger partial charge in [0, 0.05) is 16.2 Å². The highest BCUT2D eigenvalue weighted by Gasteiger charge is 2.04. The molecular weight excluding hydrogens is 357 g/mol. The molecule has 0 unspecified atom stereocenters. The SMILES string of the molecule is COCCOCCn1cnc(-c2cccc(I)c2)n1. The van der Waals surface area contributed by atoms with Crippen molar-refractivity contribution >= 4 is 22.6 Å². The van der Waals surface area contributed by atoms with Crippen molar-refractivity contribution in [1.82, 2.24) is 14.8 Å². The van der Waals surface area contributed by atoms with E-state index in [1.165, 1.54) is 3.57 Å². The summed E-state index contributed by atoms with van der Waals surface area (Å²) in [5, 5.41) is 4.43. The van der Waals surface area contributed by atoms with Crippen molar-refractivity contribution in [2.75, 3.05) is 26.9 Å². The van der Waals surface area contributed by atoms with Crippen molar-refractivity contribution in [3.63, 3.8) is 0 Å². The fourth-order valence-corrected chi connectivity index (χ4v) is 2.11. The lowest BCUT2D eigenvalue weighted by Gasteiger charge is -2.02. The molecule has 0 bridgehead atoms. The van der Waals surface area contributed by atoms with Crippen LogP contribution in [0.2, 0.25) is 0 Å². The molecule has 19 heavy (non-hydrogen) atoms. The number of hydrogen-bond donors (Lipinski definition) is 0. The molecule has 0 N–H and O–H groups in total. The van der Waals surface area contributed by atoms with Gasteiger partial charge in [0.05, 0.1) is 26.4 Å². The highest BCUT2D eigenvalue weighted by Crippen LogP contribution is 2.16. The zero-order valence-electron chi connectivity index (χ0n) is 10.8. The van der Waals surface area contributed by atoms with Crippen molar-refractivity contribution < 1.29 is 9.47 Å². The second kappa shape index (κ2) is 7.56. The standard InChI is InChI=1S/C13H16IN3O2/c1-18-7-8-19-6-5-17-10-15-13(16-17)11-3-2-4-12(14)9-11/h2-4,9-10H,5-8H2,1H3. The van der Waals surface area contributed by atoms with Gasteiger partial charge in [0.15, 0.2) is 5.82 Å². The quantitative estimate of drug-likeness (QED) is 0.552. The summed E-state index contributed by atoms with van der Waals surface area (Å²) in [6.45, 7) is 2.53. The van der Waals surface area contributed by atoms with Crippen molar-refractivity contribution in [2.24, 2.45) is 0 Å². The van der Waals surface area contributed by atoms with Gasteiger partial charge in [0.1, 0.15) is 6.33 Å². The van der Waals surface area contributed by atoms with E-state index in [9.17, 15) is 0 Å². The Morgan fingerprint density at radius 1 is 1.26 bits per heavy atom. The molecule has 0 radical (unpaired) electrons. The minimum atomic E-state index is 0.606. The Morgan fingerprint density at radius 3 is 2.95 bits per heavy atom. The zero-order valence-corrected chi connectivity index (χ0v) is 12.9. The van der Waals surface area contributed by atoms with Gasteiger partial charge in [-0.2, -0.15) is 5.10 Å². The normalized spacial score (nSPS) is 10.8. The summed E-state index contributed by atoms with van der Waals surface area (Å²) in [6.07, 6.45) is 1.73. The first-order valence-electron chi connectivity index (χ1n) is 6.01. The van der Waals surface area contributed by atoms with Crippen LogP contribution in [-0.2, 0) is 16.0 Å². The maximum atomic E-state index is 5.40. The van der Waals surface area contributed by atoms with Gasteiger partial charge < -0.3 is 9.47 Å². The van der Waals surface area contributed by atoms with Crippen LogP contribution in [0.25, 0.3) is 11.4 Å². The molecule has 102 valence electrons. The van der Waals surface area contributed by atoms with E-state index >= 15 is 0 Å². The first-order valence-corrected chi connectivity index (χ1v) is 7.09. The monoisotopic (exact) mass is 373 g/mol. The average Bonchev–Trinajstić information content (AvgIpc) is 2.87. The van der Waals surface area contributed by atoms with E-state index in [0.717, 1.165) is 11.4 Å². The van der Waals surface area contributed by atoms with E-state index in [1.807, 2.05) is 18.2 Å². The Labute approximate surface area is 126 Å². The second-order valence-corrected chi connectivity index (χ2v) is 5.19. The molecule has 6 heteroatoms. The summed E-state index contributed by atoms with van der Waals surface area (Å²) >= 11 is 2.28. The van der Waals surface area contributed by atoms with E-state index in [4.69, 9.17) is 9.47 Å². The van der Waals surface area contributed by atoms with Gasteiger partial charge in [0.25, 0.3) is 0 Å². The molecule has 0 amide bonds. The summed E-state index contributed by atoms with van der Waals surface area (Å²) in [7, 11) is 1.66. The Balaban J connectivity index is 1.88. The lowest BCUT2D eigenvalue weighted by molar-refractivity contribution is 0.0654. The van der Waals surface area contributed by atoms with Gasteiger partial charge in [0.2, 0.25) is 0 Å². The van der Waals surface area contributed by atoms with E-state index in [-0.39, 0.29) is 0 Å². The third kappa shape index (κ3) is 4.55. The minimum Gasteiger partial charge on any atom is -0.382 e. The number of benzene rings is 1. The summed E-state index contributed by atoms with van der Waals surface area (Å²) in [5.74, 6) is 0.746. The topological polar surface area (TPSA) is 49.2 Å². The number of rotatable bonds is 7. The molecule has 2 rings (SSSR count). The molecule has 0 aliphatic heterocycles. The van der Waals surface area contributed by atoms with Gasteiger partial charge in [-0.3, -0.25) is 4.68 Å². The first kappa shape index (κ1) is 14.4. The highest BCUT2D eigenvalue weighted by atomic mass is 127. The molecular formula is C13H16IN3O2. The van der Waals surface area contributed by atoms with Crippen LogP contribution in [0.15, 0.2) is 30.6 Å². The number of methoxy groups -OCH3 is 1. The Bertz CT molecular complexity index is 516. The largest absolute Gasteiger partial charge is 0.382 e. The predicted molar refractivity (Wildman–Crippen MR) is 80.9 cm³/mol. The summed E-state index contributed by atoms with van der Waals surface area (Å²) < 4.78 is 13.3. The van der Waals surface area contributed by atoms with Gasteiger partial charge in [-0.15, -0.1) is 0 Å². The van der Waals surface area contributed by atoms with Crippen LogP contribution in [0, 0.1) is 3.57 Å². The van der Waals surface area contributed by atoms with Crippen LogP contribution in [0.5, 0.6) is 0 Å². The maximum Gasteiger partial charge on any atom is 0.181 e. The van der Waals surface area contributed by atoms with E-state index in [0.29, 0.717) is 26.4 Å². The van der Waals surface area contributed by atoms with E-state index in [2.05, 4.69) is 38.7 Å². The predicted octanol–water partition coefficient (Wildman–Crippen LogP) is 2.21. The van der Waals surface area contributed by atoms with Gasteiger partial charge in [-0.1, -0.05) is 12.1 Å². The molecule has 0 aliphatic carbocycles. The van der Waals surface area contributed by atoms with Gasteiger partial charge >= 0.3 is 0 Å². The Morgan fingerprint density at radius 2 is 2.16 bits per heavy atom. The lowest BCUT2D eigenvalue weighted by atomic mass is 10.2. The fourth-order valence-electron chi connectivity index (χ4n) is 1.56. The first-order chi connectivity index (χ1) is 9.29. The van der Waals surface area contributed by atoms with Crippen LogP contribution in [-0.4, -0.2) is 41.7 Å². The zero-order chi connectivity index (χ0) is 13.5. The summed E-state index contributed by atoms with van der Waals surface area (Å²) in [4.78, 5) is 4.31. The highest BCUT2D eigenvalue weighted by molar-refractivity contribution is 14.1. The second-order valence-electron chi connectivity index (χ2n) is 3.95. The fraction of sp³-hybridized carbons (Fsp3) is 0.385. The molecule has 0 saturated carbocycles. The van der Waals surface area contributed by atoms with Crippen molar-refractivity contribution in [3.05, 3.63) is 34.2 Å². The molecule has 0 spiro atoms. The molecule has 0 aliphatic rings.